The second-order valence-electron chi connectivity index (χ2n) is 6.34. The number of ether oxygens (including phenoxy) is 1. The van der Waals surface area contributed by atoms with Gasteiger partial charge in [-0.3, -0.25) is 4.90 Å². The topological polar surface area (TPSA) is 46.6 Å². The fourth-order valence-electron chi connectivity index (χ4n) is 3.35. The third kappa shape index (κ3) is 3.50. The smallest absolute Gasteiger partial charge is 0.175 e. The molecule has 0 bridgehead atoms. The minimum absolute atomic E-state index is 0.391. The number of sulfone groups is 1. The number of nitrogens with zero attached hydrogens (tertiary/aromatic N) is 1. The Morgan fingerprint density at radius 2 is 2.00 bits per heavy atom. The van der Waals surface area contributed by atoms with Gasteiger partial charge in [0.25, 0.3) is 0 Å². The summed E-state index contributed by atoms with van der Waals surface area (Å²) in [5.41, 5.74) is 1.17. The molecule has 0 N–H and O–H groups in total. The van der Waals surface area contributed by atoms with Crippen LogP contribution in [-0.4, -0.2) is 55.9 Å². The predicted octanol–water partition coefficient (Wildman–Crippen LogP) is 2.19. The zero-order valence-corrected chi connectivity index (χ0v) is 14.8. The van der Waals surface area contributed by atoms with Gasteiger partial charge in [0.2, 0.25) is 0 Å². The molecule has 1 spiro atoms. The highest BCUT2D eigenvalue weighted by Crippen LogP contribution is 2.46. The number of benzene rings is 1. The SMILES string of the molecule is CCO[C@H]1CSC2(C1)CN(Cc1ccc(S(C)(=O)=O)cc1)C2. The lowest BCUT2D eigenvalue weighted by atomic mass is 9.92. The average molecular weight is 341 g/mol. The Morgan fingerprint density at radius 1 is 1.32 bits per heavy atom. The van der Waals surface area contributed by atoms with Gasteiger partial charge in [-0.15, -0.1) is 11.8 Å². The van der Waals surface area contributed by atoms with Crippen LogP contribution in [0.5, 0.6) is 0 Å². The third-order valence-corrected chi connectivity index (χ3v) is 7.06. The average Bonchev–Trinajstić information content (AvgIpc) is 2.82. The van der Waals surface area contributed by atoms with E-state index >= 15 is 0 Å². The summed E-state index contributed by atoms with van der Waals surface area (Å²) in [7, 11) is -3.10. The predicted molar refractivity (Wildman–Crippen MR) is 90.0 cm³/mol. The van der Waals surface area contributed by atoms with E-state index in [1.54, 1.807) is 12.1 Å². The first-order valence-electron chi connectivity index (χ1n) is 7.67. The van der Waals surface area contributed by atoms with Gasteiger partial charge in [0.15, 0.2) is 9.84 Å². The molecule has 0 amide bonds. The van der Waals surface area contributed by atoms with Crippen LogP contribution in [0.15, 0.2) is 29.2 Å². The lowest BCUT2D eigenvalue weighted by Gasteiger charge is -2.47. The molecule has 0 aliphatic carbocycles. The van der Waals surface area contributed by atoms with Crippen molar-refractivity contribution in [2.24, 2.45) is 0 Å². The standard InChI is InChI=1S/C16H23NO3S2/c1-3-20-14-8-16(21-10-14)11-17(12-16)9-13-4-6-15(7-5-13)22(2,18)19/h4-7,14H,3,8-12H2,1-2H3/t14-/m1/s1. The van der Waals surface area contributed by atoms with Crippen molar-refractivity contribution in [3.8, 4) is 0 Å². The molecule has 2 saturated heterocycles. The molecule has 4 nitrogen and oxygen atoms in total. The van der Waals surface area contributed by atoms with Crippen LogP contribution >= 0.6 is 11.8 Å². The van der Waals surface area contributed by atoms with Crippen molar-refractivity contribution in [2.45, 2.75) is 35.6 Å². The molecule has 6 heteroatoms. The van der Waals surface area contributed by atoms with Gasteiger partial charge in [-0.05, 0) is 31.0 Å². The zero-order valence-electron chi connectivity index (χ0n) is 13.1. The maximum Gasteiger partial charge on any atom is 0.175 e. The van der Waals surface area contributed by atoms with Crippen LogP contribution in [0.4, 0.5) is 0 Å². The molecule has 122 valence electrons. The first-order chi connectivity index (χ1) is 10.4. The molecular weight excluding hydrogens is 318 g/mol. The minimum Gasteiger partial charge on any atom is -0.378 e. The molecule has 2 heterocycles. The lowest BCUT2D eigenvalue weighted by Crippen LogP contribution is -2.58. The highest BCUT2D eigenvalue weighted by atomic mass is 32.2. The molecule has 0 saturated carbocycles. The van der Waals surface area contributed by atoms with Gasteiger partial charge < -0.3 is 4.74 Å². The summed E-state index contributed by atoms with van der Waals surface area (Å²) in [4.78, 5) is 2.82. The summed E-state index contributed by atoms with van der Waals surface area (Å²) in [6.45, 7) is 5.97. The van der Waals surface area contributed by atoms with E-state index in [9.17, 15) is 8.42 Å². The van der Waals surface area contributed by atoms with E-state index < -0.39 is 9.84 Å². The molecule has 0 aromatic heterocycles. The summed E-state index contributed by atoms with van der Waals surface area (Å²) in [5.74, 6) is 1.12. The minimum atomic E-state index is -3.10. The van der Waals surface area contributed by atoms with E-state index in [4.69, 9.17) is 4.74 Å². The van der Waals surface area contributed by atoms with Crippen molar-refractivity contribution >= 4 is 21.6 Å². The fourth-order valence-corrected chi connectivity index (χ4v) is 5.58. The van der Waals surface area contributed by atoms with Crippen molar-refractivity contribution in [1.82, 2.24) is 4.90 Å². The number of thioether (sulfide) groups is 1. The van der Waals surface area contributed by atoms with Crippen LogP contribution in [-0.2, 0) is 21.1 Å². The van der Waals surface area contributed by atoms with E-state index in [-0.39, 0.29) is 0 Å². The van der Waals surface area contributed by atoms with Gasteiger partial charge in [0.05, 0.1) is 11.0 Å². The van der Waals surface area contributed by atoms with Crippen molar-refractivity contribution in [3.05, 3.63) is 29.8 Å². The Hall–Kier alpha value is -0.560. The molecular formula is C16H23NO3S2. The molecule has 22 heavy (non-hydrogen) atoms. The highest BCUT2D eigenvalue weighted by molar-refractivity contribution is 8.01. The van der Waals surface area contributed by atoms with E-state index in [2.05, 4.69) is 23.6 Å². The van der Waals surface area contributed by atoms with E-state index in [0.29, 0.717) is 15.7 Å². The number of hydrogen-bond donors (Lipinski definition) is 0. The van der Waals surface area contributed by atoms with Crippen molar-refractivity contribution < 1.29 is 13.2 Å². The van der Waals surface area contributed by atoms with Crippen LogP contribution in [0.25, 0.3) is 0 Å². The van der Waals surface area contributed by atoms with Gasteiger partial charge in [0, 0.05) is 43.0 Å². The zero-order chi connectivity index (χ0) is 15.8. The van der Waals surface area contributed by atoms with Crippen LogP contribution in [0.1, 0.15) is 18.9 Å². The summed E-state index contributed by atoms with van der Waals surface area (Å²) < 4.78 is 29.1. The number of rotatable bonds is 5. The second kappa shape index (κ2) is 6.15. The molecule has 1 atom stereocenters. The Labute approximate surface area is 137 Å². The van der Waals surface area contributed by atoms with E-state index in [1.165, 1.54) is 11.8 Å². The monoisotopic (exact) mass is 341 g/mol. The summed E-state index contributed by atoms with van der Waals surface area (Å²) in [6.07, 6.45) is 2.83. The van der Waals surface area contributed by atoms with E-state index in [0.717, 1.165) is 38.4 Å². The summed E-state index contributed by atoms with van der Waals surface area (Å²) >= 11 is 2.05. The summed E-state index contributed by atoms with van der Waals surface area (Å²) in [6, 6.07) is 7.25. The maximum atomic E-state index is 11.5. The van der Waals surface area contributed by atoms with Gasteiger partial charge >= 0.3 is 0 Å². The fraction of sp³-hybridized carbons (Fsp3) is 0.625. The van der Waals surface area contributed by atoms with Crippen molar-refractivity contribution in [3.63, 3.8) is 0 Å². The molecule has 1 aromatic rings. The van der Waals surface area contributed by atoms with Crippen molar-refractivity contribution in [1.29, 1.82) is 0 Å². The Kier molecular flexibility index (Phi) is 4.56. The maximum absolute atomic E-state index is 11.5. The van der Waals surface area contributed by atoms with Gasteiger partial charge in [0.1, 0.15) is 0 Å². The molecule has 0 radical (unpaired) electrons. The molecule has 1 aromatic carbocycles. The number of likely N-dealkylation sites (tertiary alicyclic amines) is 1. The largest absolute Gasteiger partial charge is 0.378 e. The quantitative estimate of drug-likeness (QED) is 0.821. The first kappa shape index (κ1) is 16.3. The van der Waals surface area contributed by atoms with Gasteiger partial charge in [-0.1, -0.05) is 12.1 Å². The lowest BCUT2D eigenvalue weighted by molar-refractivity contribution is 0.0417. The number of hydrogen-bond acceptors (Lipinski definition) is 5. The van der Waals surface area contributed by atoms with Gasteiger partial charge in [-0.25, -0.2) is 8.42 Å². The Morgan fingerprint density at radius 3 is 2.59 bits per heavy atom. The normalized spacial score (nSPS) is 24.5. The second-order valence-corrected chi connectivity index (χ2v) is 9.84. The third-order valence-electron chi connectivity index (χ3n) is 4.36. The molecule has 2 aliphatic heterocycles. The molecule has 2 fully saturated rings. The molecule has 3 rings (SSSR count). The van der Waals surface area contributed by atoms with E-state index in [1.807, 2.05) is 12.1 Å². The highest BCUT2D eigenvalue weighted by Gasteiger charge is 2.48. The van der Waals surface area contributed by atoms with Gasteiger partial charge in [-0.2, -0.15) is 0 Å². The first-order valence-corrected chi connectivity index (χ1v) is 10.5. The van der Waals surface area contributed by atoms with Crippen LogP contribution < -0.4 is 0 Å². The van der Waals surface area contributed by atoms with Crippen LogP contribution in [0.2, 0.25) is 0 Å². The Balaban J connectivity index is 1.52. The Bertz CT molecular complexity index is 621. The molecule has 0 unspecified atom stereocenters. The van der Waals surface area contributed by atoms with Crippen LogP contribution in [0, 0.1) is 0 Å². The van der Waals surface area contributed by atoms with Crippen molar-refractivity contribution in [2.75, 3.05) is 31.7 Å². The summed E-state index contributed by atoms with van der Waals surface area (Å²) in [5, 5.41) is 0. The molecule has 2 aliphatic rings. The van der Waals surface area contributed by atoms with Crippen LogP contribution in [0.3, 0.4) is 0 Å².